The summed E-state index contributed by atoms with van der Waals surface area (Å²) >= 11 is 6.08. The van der Waals surface area contributed by atoms with E-state index in [0.717, 1.165) is 43.9 Å². The van der Waals surface area contributed by atoms with Crippen LogP contribution in [0.3, 0.4) is 0 Å². The van der Waals surface area contributed by atoms with Gasteiger partial charge < -0.3 is 10.2 Å². The van der Waals surface area contributed by atoms with Crippen LogP contribution in [0.15, 0.2) is 18.2 Å². The molecule has 116 valence electrons. The van der Waals surface area contributed by atoms with E-state index < -0.39 is 0 Å². The van der Waals surface area contributed by atoms with Crippen LogP contribution in [-0.4, -0.2) is 48.1 Å². The summed E-state index contributed by atoms with van der Waals surface area (Å²) in [6.07, 6.45) is 1.15. The fraction of sp³-hybridized carbons (Fsp3) is 0.562. The van der Waals surface area contributed by atoms with Crippen LogP contribution < -0.4 is 5.32 Å². The summed E-state index contributed by atoms with van der Waals surface area (Å²) in [5, 5.41) is 3.60. The van der Waals surface area contributed by atoms with Gasteiger partial charge in [-0.15, -0.1) is 0 Å². The Bertz CT molecular complexity index is 498. The van der Waals surface area contributed by atoms with Crippen molar-refractivity contribution < 1.29 is 4.79 Å². The van der Waals surface area contributed by atoms with Crippen molar-refractivity contribution in [1.82, 2.24) is 9.80 Å². The van der Waals surface area contributed by atoms with E-state index in [1.807, 2.05) is 24.0 Å². The van der Waals surface area contributed by atoms with Crippen molar-refractivity contribution in [2.24, 2.45) is 0 Å². The number of aryl methyl sites for hydroxylation is 1. The van der Waals surface area contributed by atoms with Crippen molar-refractivity contribution >= 4 is 23.3 Å². The Morgan fingerprint density at radius 2 is 2.00 bits per heavy atom. The lowest BCUT2D eigenvalue weighted by Gasteiger charge is -2.37. The van der Waals surface area contributed by atoms with Crippen LogP contribution in [0.1, 0.15) is 25.8 Å². The monoisotopic (exact) mass is 309 g/mol. The highest BCUT2D eigenvalue weighted by Gasteiger charge is 2.23. The van der Waals surface area contributed by atoms with E-state index in [1.165, 1.54) is 0 Å². The van der Waals surface area contributed by atoms with Gasteiger partial charge in [0.25, 0.3) is 0 Å². The average Bonchev–Trinajstić information content (AvgIpc) is 2.50. The number of carbonyl (C=O) groups excluding carboxylic acids is 1. The molecule has 4 nitrogen and oxygen atoms in total. The molecule has 0 aliphatic carbocycles. The number of rotatable bonds is 3. The largest absolute Gasteiger partial charge is 0.322 e. The van der Waals surface area contributed by atoms with Gasteiger partial charge in [-0.3, -0.25) is 4.90 Å². The molecule has 1 aromatic carbocycles. The molecule has 0 saturated carbocycles. The Kier molecular flexibility index (Phi) is 5.48. The third-order valence-corrected chi connectivity index (χ3v) is 4.65. The molecule has 1 fully saturated rings. The third-order valence-electron chi connectivity index (χ3n) is 4.24. The van der Waals surface area contributed by atoms with Crippen LogP contribution in [0.4, 0.5) is 10.5 Å². The molecule has 21 heavy (non-hydrogen) atoms. The third kappa shape index (κ3) is 4.11. The highest BCUT2D eigenvalue weighted by atomic mass is 35.5. The summed E-state index contributed by atoms with van der Waals surface area (Å²) in [6.45, 7) is 9.82. The second-order valence-corrected chi connectivity index (χ2v) is 6.08. The van der Waals surface area contributed by atoms with Gasteiger partial charge in [0.1, 0.15) is 0 Å². The Labute approximate surface area is 132 Å². The Morgan fingerprint density at radius 1 is 1.33 bits per heavy atom. The standard InChI is InChI=1S/C16H24ClN3O/c1-4-13(3)19-7-9-20(10-8-19)16(21)18-14-6-5-12(2)15(17)11-14/h5-6,11,13H,4,7-10H2,1-3H3,(H,18,21). The predicted molar refractivity (Wildman–Crippen MR) is 88.1 cm³/mol. The van der Waals surface area contributed by atoms with Crippen molar-refractivity contribution in [1.29, 1.82) is 0 Å². The van der Waals surface area contributed by atoms with E-state index in [0.29, 0.717) is 11.1 Å². The fourth-order valence-corrected chi connectivity index (χ4v) is 2.68. The molecule has 1 heterocycles. The molecule has 2 amide bonds. The van der Waals surface area contributed by atoms with E-state index in [1.54, 1.807) is 6.07 Å². The topological polar surface area (TPSA) is 35.6 Å². The molecule has 0 radical (unpaired) electrons. The molecule has 0 spiro atoms. The van der Waals surface area contributed by atoms with E-state index in [9.17, 15) is 4.79 Å². The van der Waals surface area contributed by atoms with Gasteiger partial charge in [0.15, 0.2) is 0 Å². The lowest BCUT2D eigenvalue weighted by molar-refractivity contribution is 0.117. The first kappa shape index (κ1) is 16.1. The van der Waals surface area contributed by atoms with Gasteiger partial charge in [0.05, 0.1) is 0 Å². The molecule has 1 aromatic rings. The number of hydrogen-bond donors (Lipinski definition) is 1. The second kappa shape index (κ2) is 7.14. The van der Waals surface area contributed by atoms with Gasteiger partial charge in [-0.1, -0.05) is 24.6 Å². The molecule has 1 aliphatic heterocycles. The maximum absolute atomic E-state index is 12.3. The van der Waals surface area contributed by atoms with Crippen LogP contribution in [0.2, 0.25) is 5.02 Å². The average molecular weight is 310 g/mol. The quantitative estimate of drug-likeness (QED) is 0.926. The zero-order valence-corrected chi connectivity index (χ0v) is 13.8. The van der Waals surface area contributed by atoms with Crippen LogP contribution in [0, 0.1) is 6.92 Å². The van der Waals surface area contributed by atoms with Gasteiger partial charge in [-0.05, 0) is 38.0 Å². The zero-order valence-electron chi connectivity index (χ0n) is 13.0. The van der Waals surface area contributed by atoms with Gasteiger partial charge in [0, 0.05) is 42.9 Å². The number of benzene rings is 1. The summed E-state index contributed by atoms with van der Waals surface area (Å²) in [4.78, 5) is 16.6. The molecule has 1 saturated heterocycles. The smallest absolute Gasteiger partial charge is 0.321 e. The predicted octanol–water partition coefficient (Wildman–Crippen LogP) is 3.60. The van der Waals surface area contributed by atoms with Crippen molar-refractivity contribution in [3.8, 4) is 0 Å². The molecule has 1 unspecified atom stereocenters. The minimum absolute atomic E-state index is 0.0429. The lowest BCUT2D eigenvalue weighted by Crippen LogP contribution is -2.52. The number of hydrogen-bond acceptors (Lipinski definition) is 2. The second-order valence-electron chi connectivity index (χ2n) is 5.67. The number of nitrogens with zero attached hydrogens (tertiary/aromatic N) is 2. The highest BCUT2D eigenvalue weighted by molar-refractivity contribution is 6.31. The Hall–Kier alpha value is -1.26. The first-order chi connectivity index (χ1) is 10.0. The first-order valence-corrected chi connectivity index (χ1v) is 7.95. The van der Waals surface area contributed by atoms with Crippen molar-refractivity contribution in [2.45, 2.75) is 33.2 Å². The summed E-state index contributed by atoms with van der Waals surface area (Å²) < 4.78 is 0. The number of carbonyl (C=O) groups is 1. The molecule has 1 aliphatic rings. The highest BCUT2D eigenvalue weighted by Crippen LogP contribution is 2.20. The van der Waals surface area contributed by atoms with Crippen molar-refractivity contribution in [3.05, 3.63) is 28.8 Å². The van der Waals surface area contributed by atoms with Crippen LogP contribution in [0.5, 0.6) is 0 Å². The van der Waals surface area contributed by atoms with Gasteiger partial charge in [-0.2, -0.15) is 0 Å². The molecular weight excluding hydrogens is 286 g/mol. The van der Waals surface area contributed by atoms with Gasteiger partial charge in [-0.25, -0.2) is 4.79 Å². The lowest BCUT2D eigenvalue weighted by atomic mass is 10.2. The maximum atomic E-state index is 12.3. The molecule has 5 heteroatoms. The Morgan fingerprint density at radius 3 is 2.57 bits per heavy atom. The maximum Gasteiger partial charge on any atom is 0.321 e. The fourth-order valence-electron chi connectivity index (χ4n) is 2.50. The minimum atomic E-state index is -0.0429. The summed E-state index contributed by atoms with van der Waals surface area (Å²) in [6, 6.07) is 6.14. The number of piperazine rings is 1. The summed E-state index contributed by atoms with van der Waals surface area (Å²) in [5.74, 6) is 0. The number of nitrogens with one attached hydrogen (secondary N) is 1. The van der Waals surface area contributed by atoms with E-state index in [2.05, 4.69) is 24.1 Å². The van der Waals surface area contributed by atoms with Crippen molar-refractivity contribution in [3.63, 3.8) is 0 Å². The van der Waals surface area contributed by atoms with E-state index in [4.69, 9.17) is 11.6 Å². The van der Waals surface area contributed by atoms with Gasteiger partial charge in [0.2, 0.25) is 0 Å². The van der Waals surface area contributed by atoms with E-state index >= 15 is 0 Å². The number of anilines is 1. The molecule has 1 N–H and O–H groups in total. The normalized spacial score (nSPS) is 17.6. The number of halogens is 1. The Balaban J connectivity index is 1.88. The molecule has 2 rings (SSSR count). The molecule has 1 atom stereocenters. The summed E-state index contributed by atoms with van der Waals surface area (Å²) in [7, 11) is 0. The van der Waals surface area contributed by atoms with E-state index in [-0.39, 0.29) is 6.03 Å². The minimum Gasteiger partial charge on any atom is -0.322 e. The molecule has 0 bridgehead atoms. The number of urea groups is 1. The molecule has 0 aromatic heterocycles. The number of amides is 2. The summed E-state index contributed by atoms with van der Waals surface area (Å²) in [5.41, 5.74) is 1.76. The first-order valence-electron chi connectivity index (χ1n) is 7.57. The zero-order chi connectivity index (χ0) is 15.4. The molecular formula is C16H24ClN3O. The van der Waals surface area contributed by atoms with Gasteiger partial charge >= 0.3 is 6.03 Å². The van der Waals surface area contributed by atoms with Crippen LogP contribution >= 0.6 is 11.6 Å². The van der Waals surface area contributed by atoms with Crippen molar-refractivity contribution in [2.75, 3.05) is 31.5 Å². The van der Waals surface area contributed by atoms with Crippen LogP contribution in [-0.2, 0) is 0 Å². The SMILES string of the molecule is CCC(C)N1CCN(C(=O)Nc2ccc(C)c(Cl)c2)CC1. The van der Waals surface area contributed by atoms with Crippen LogP contribution in [0.25, 0.3) is 0 Å².